The molecule has 0 radical (unpaired) electrons. The van der Waals surface area contributed by atoms with Crippen molar-refractivity contribution in [1.29, 1.82) is 0 Å². The minimum Gasteiger partial charge on any atom is -0.342 e. The molecule has 0 aromatic heterocycles. The third-order valence-electron chi connectivity index (χ3n) is 5.04. The first-order valence-corrected chi connectivity index (χ1v) is 10.3. The fourth-order valence-corrected chi connectivity index (χ4v) is 4.33. The minimum atomic E-state index is 0.0428. The molecule has 1 saturated carbocycles. The van der Waals surface area contributed by atoms with E-state index < -0.39 is 0 Å². The Bertz CT molecular complexity index is 581. The molecule has 0 spiro atoms. The van der Waals surface area contributed by atoms with E-state index in [9.17, 15) is 9.59 Å². The predicted octanol–water partition coefficient (Wildman–Crippen LogP) is 4.05. The normalized spacial score (nSPS) is 15.0. The zero-order valence-electron chi connectivity index (χ0n) is 15.7. The molecule has 0 aliphatic heterocycles. The maximum absolute atomic E-state index is 12.7. The van der Waals surface area contributed by atoms with Gasteiger partial charge in [-0.2, -0.15) is 0 Å². The Morgan fingerprint density at radius 2 is 1.72 bits per heavy atom. The van der Waals surface area contributed by atoms with Crippen molar-refractivity contribution in [2.24, 2.45) is 0 Å². The van der Waals surface area contributed by atoms with Crippen LogP contribution in [0.5, 0.6) is 0 Å². The highest BCUT2D eigenvalue weighted by Gasteiger charge is 2.23. The third-order valence-corrected chi connectivity index (χ3v) is 6.09. The number of carbonyl (C=O) groups is 2. The molecule has 0 unspecified atom stereocenters. The van der Waals surface area contributed by atoms with Crippen LogP contribution in [-0.4, -0.2) is 53.5 Å². The second kappa shape index (κ2) is 9.85. The van der Waals surface area contributed by atoms with Gasteiger partial charge in [-0.3, -0.25) is 9.59 Å². The number of amides is 2. The van der Waals surface area contributed by atoms with Crippen molar-refractivity contribution in [3.8, 4) is 0 Å². The van der Waals surface area contributed by atoms with Gasteiger partial charge in [0.1, 0.15) is 0 Å². The summed E-state index contributed by atoms with van der Waals surface area (Å²) >= 11 is 1.48. The Kier molecular flexibility index (Phi) is 7.82. The van der Waals surface area contributed by atoms with Crippen LogP contribution in [0, 0.1) is 0 Å². The first-order chi connectivity index (χ1) is 12.1. The smallest absolute Gasteiger partial charge is 0.254 e. The Hall–Kier alpha value is -1.49. The monoisotopic (exact) mass is 362 g/mol. The number of hydrogen-bond acceptors (Lipinski definition) is 3. The summed E-state index contributed by atoms with van der Waals surface area (Å²) in [4.78, 5) is 29.8. The van der Waals surface area contributed by atoms with Gasteiger partial charge in [0.2, 0.25) is 5.91 Å². The van der Waals surface area contributed by atoms with Crippen molar-refractivity contribution >= 4 is 23.6 Å². The van der Waals surface area contributed by atoms with Crippen molar-refractivity contribution in [3.05, 3.63) is 29.8 Å². The topological polar surface area (TPSA) is 40.6 Å². The molecule has 0 atom stereocenters. The number of nitrogens with zero attached hydrogens (tertiary/aromatic N) is 2. The zero-order chi connectivity index (χ0) is 18.2. The van der Waals surface area contributed by atoms with E-state index >= 15 is 0 Å². The fourth-order valence-electron chi connectivity index (χ4n) is 3.36. The van der Waals surface area contributed by atoms with Crippen LogP contribution in [0.3, 0.4) is 0 Å². The lowest BCUT2D eigenvalue weighted by Crippen LogP contribution is -2.39. The molecule has 5 heteroatoms. The average Bonchev–Trinajstić information content (AvgIpc) is 2.67. The molecule has 1 aliphatic rings. The molecular formula is C20H30N2O2S. The lowest BCUT2D eigenvalue weighted by atomic mass is 9.94. The molecular weight excluding hydrogens is 332 g/mol. The van der Waals surface area contributed by atoms with Crippen LogP contribution in [0.2, 0.25) is 0 Å². The molecule has 0 heterocycles. The molecule has 0 bridgehead atoms. The first-order valence-electron chi connectivity index (χ1n) is 9.35. The molecule has 4 nitrogen and oxygen atoms in total. The van der Waals surface area contributed by atoms with E-state index in [1.165, 1.54) is 31.0 Å². The predicted molar refractivity (Wildman–Crippen MR) is 104 cm³/mol. The summed E-state index contributed by atoms with van der Waals surface area (Å²) < 4.78 is 0. The highest BCUT2D eigenvalue weighted by Crippen LogP contribution is 2.26. The van der Waals surface area contributed by atoms with Crippen LogP contribution < -0.4 is 0 Å². The van der Waals surface area contributed by atoms with E-state index in [1.54, 1.807) is 0 Å². The largest absolute Gasteiger partial charge is 0.342 e. The summed E-state index contributed by atoms with van der Waals surface area (Å²) in [6.45, 7) is 5.36. The van der Waals surface area contributed by atoms with E-state index in [2.05, 4.69) is 0 Å². The van der Waals surface area contributed by atoms with Crippen LogP contribution in [0.15, 0.2) is 29.2 Å². The van der Waals surface area contributed by atoms with Gasteiger partial charge in [0, 0.05) is 31.1 Å². The maximum atomic E-state index is 12.7. The number of thioether (sulfide) groups is 1. The summed E-state index contributed by atoms with van der Waals surface area (Å²) in [6, 6.07) is 8.00. The van der Waals surface area contributed by atoms with Crippen molar-refractivity contribution in [2.45, 2.75) is 56.9 Å². The molecule has 0 saturated heterocycles. The minimum absolute atomic E-state index is 0.0428. The lowest BCUT2D eigenvalue weighted by molar-refractivity contribution is -0.129. The second-order valence-electron chi connectivity index (χ2n) is 6.56. The maximum Gasteiger partial charge on any atom is 0.254 e. The van der Waals surface area contributed by atoms with E-state index in [0.717, 1.165) is 17.7 Å². The molecule has 1 aliphatic carbocycles. The molecule has 138 valence electrons. The molecule has 1 aromatic rings. The zero-order valence-corrected chi connectivity index (χ0v) is 16.5. The SMILES string of the molecule is CCN(CC)C(=O)c1ccccc1SCC(=O)N(C)C1CCCCC1. The highest BCUT2D eigenvalue weighted by atomic mass is 32.2. The number of hydrogen-bond donors (Lipinski definition) is 0. The molecule has 1 fully saturated rings. The average molecular weight is 363 g/mol. The van der Waals surface area contributed by atoms with Gasteiger partial charge in [-0.05, 0) is 38.8 Å². The summed E-state index contributed by atoms with van der Waals surface area (Å²) in [5, 5.41) is 0. The van der Waals surface area contributed by atoms with E-state index in [4.69, 9.17) is 0 Å². The summed E-state index contributed by atoms with van der Waals surface area (Å²) in [6.07, 6.45) is 5.95. The Balaban J connectivity index is 2.00. The quantitative estimate of drug-likeness (QED) is 0.687. The standard InChI is InChI=1S/C20H30N2O2S/c1-4-22(5-2)20(24)17-13-9-10-14-18(17)25-15-19(23)21(3)16-11-7-6-8-12-16/h9-10,13-14,16H,4-8,11-12,15H2,1-3H3. The van der Waals surface area contributed by atoms with Gasteiger partial charge in [-0.15, -0.1) is 11.8 Å². The van der Waals surface area contributed by atoms with Crippen LogP contribution in [-0.2, 0) is 4.79 Å². The Labute approximate surface area is 156 Å². The van der Waals surface area contributed by atoms with Crippen LogP contribution >= 0.6 is 11.8 Å². The summed E-state index contributed by atoms with van der Waals surface area (Å²) in [7, 11) is 1.92. The molecule has 25 heavy (non-hydrogen) atoms. The van der Waals surface area contributed by atoms with Crippen LogP contribution in [0.4, 0.5) is 0 Å². The van der Waals surface area contributed by atoms with Crippen molar-refractivity contribution in [3.63, 3.8) is 0 Å². The van der Waals surface area contributed by atoms with Gasteiger partial charge < -0.3 is 9.80 Å². The van der Waals surface area contributed by atoms with E-state index in [1.807, 2.05) is 55.0 Å². The van der Waals surface area contributed by atoms with Crippen molar-refractivity contribution in [1.82, 2.24) is 9.80 Å². The van der Waals surface area contributed by atoms with Crippen molar-refractivity contribution in [2.75, 3.05) is 25.9 Å². The Morgan fingerprint density at radius 1 is 1.08 bits per heavy atom. The van der Waals surface area contributed by atoms with Crippen LogP contribution in [0.25, 0.3) is 0 Å². The second-order valence-corrected chi connectivity index (χ2v) is 7.58. The molecule has 0 N–H and O–H groups in total. The highest BCUT2D eigenvalue weighted by molar-refractivity contribution is 8.00. The van der Waals surface area contributed by atoms with Gasteiger partial charge in [-0.1, -0.05) is 31.4 Å². The third kappa shape index (κ3) is 5.24. The van der Waals surface area contributed by atoms with Gasteiger partial charge in [0.05, 0.1) is 11.3 Å². The van der Waals surface area contributed by atoms with Gasteiger partial charge >= 0.3 is 0 Å². The lowest BCUT2D eigenvalue weighted by Gasteiger charge is -2.31. The summed E-state index contributed by atoms with van der Waals surface area (Å²) in [5.74, 6) is 0.582. The van der Waals surface area contributed by atoms with E-state index in [-0.39, 0.29) is 11.8 Å². The van der Waals surface area contributed by atoms with Gasteiger partial charge in [0.15, 0.2) is 0 Å². The van der Waals surface area contributed by atoms with E-state index in [0.29, 0.717) is 30.4 Å². The molecule has 1 aromatic carbocycles. The number of benzene rings is 1. The van der Waals surface area contributed by atoms with Gasteiger partial charge in [0.25, 0.3) is 5.91 Å². The fraction of sp³-hybridized carbons (Fsp3) is 0.600. The molecule has 2 amide bonds. The first kappa shape index (κ1) is 19.8. The van der Waals surface area contributed by atoms with Crippen molar-refractivity contribution < 1.29 is 9.59 Å². The van der Waals surface area contributed by atoms with Gasteiger partial charge in [-0.25, -0.2) is 0 Å². The Morgan fingerprint density at radius 3 is 2.36 bits per heavy atom. The van der Waals surface area contributed by atoms with Crippen LogP contribution in [0.1, 0.15) is 56.3 Å². The number of carbonyl (C=O) groups excluding carboxylic acids is 2. The molecule has 2 rings (SSSR count). The number of rotatable bonds is 7. The summed E-state index contributed by atoms with van der Waals surface area (Å²) in [5.41, 5.74) is 0.698.